The standard InChI is InChI=1S/C27H30N8O2.C19H22N8O/c1-17(2)34-16-23(24-9-10-28-27(32-24)30-12-18(3)36)25(33-34)20-11-21-14-31-35(26(21)29-13-20)15-19-5-7-22(37-4)8-6-19;1-11(2)27-10-15(16-4-5-20-19(24-16)22-7-12(3)28)17(26-27)13-6-14-9-23-25-18(14)21-8-13/h5-11,13-14,16-18,36H,12,15H2,1-4H3,(H,28,30,32);4-6,8-12,28H,7H2,1-3H3,(H,20,22,24)(H,21,23,25)/t18-;12-/m00/s1. The van der Waals surface area contributed by atoms with Gasteiger partial charge in [0.15, 0.2) is 11.3 Å². The number of benzene rings is 1. The van der Waals surface area contributed by atoms with Gasteiger partial charge in [-0.25, -0.2) is 34.6 Å². The number of aliphatic hydroxyl groups is 2. The van der Waals surface area contributed by atoms with Crippen molar-refractivity contribution in [2.24, 2.45) is 0 Å². The van der Waals surface area contributed by atoms with Crippen molar-refractivity contribution in [3.05, 3.63) is 104 Å². The van der Waals surface area contributed by atoms with E-state index in [4.69, 9.17) is 19.9 Å². The summed E-state index contributed by atoms with van der Waals surface area (Å²) in [7, 11) is 1.66. The fourth-order valence-corrected chi connectivity index (χ4v) is 6.87. The van der Waals surface area contributed by atoms with Gasteiger partial charge in [0, 0.05) is 95.4 Å². The largest absolute Gasteiger partial charge is 0.497 e. The molecular weight excluding hydrogens is 825 g/mol. The summed E-state index contributed by atoms with van der Waals surface area (Å²) in [6, 6.07) is 16.1. The van der Waals surface area contributed by atoms with Crippen LogP contribution in [0, 0.1) is 0 Å². The van der Waals surface area contributed by atoms with E-state index >= 15 is 0 Å². The Morgan fingerprint density at radius 3 is 1.75 bits per heavy atom. The SMILES string of the molecule is CC(C)n1cc(-c2ccnc(NC[C@H](C)O)n2)c(-c2cnc3[nH]ncc3c2)n1.COc1ccc(Cn2ncc3cc(-c4nn(C(C)C)cc4-c4ccnc(NC[C@H](C)O)n4)cnc32)cc1. The first kappa shape index (κ1) is 44.0. The number of anilines is 2. The molecule has 9 aromatic rings. The third kappa shape index (κ3) is 10.3. The minimum absolute atomic E-state index is 0.172. The number of rotatable bonds is 15. The van der Waals surface area contributed by atoms with Gasteiger partial charge in [0.2, 0.25) is 11.9 Å². The van der Waals surface area contributed by atoms with Gasteiger partial charge in [-0.1, -0.05) is 12.1 Å². The molecule has 0 spiro atoms. The maximum Gasteiger partial charge on any atom is 0.223 e. The molecule has 19 nitrogen and oxygen atoms in total. The lowest BCUT2D eigenvalue weighted by atomic mass is 10.1. The molecule has 9 rings (SSSR count). The average Bonchev–Trinajstić information content (AvgIpc) is 4.14. The molecule has 5 N–H and O–H groups in total. The Morgan fingerprint density at radius 2 is 1.22 bits per heavy atom. The summed E-state index contributed by atoms with van der Waals surface area (Å²) in [4.78, 5) is 27.0. The van der Waals surface area contributed by atoms with Crippen molar-refractivity contribution in [3.63, 3.8) is 0 Å². The Hall–Kier alpha value is -7.64. The Morgan fingerprint density at radius 1 is 0.662 bits per heavy atom. The first-order chi connectivity index (χ1) is 31.4. The minimum Gasteiger partial charge on any atom is -0.497 e. The van der Waals surface area contributed by atoms with Crippen LogP contribution < -0.4 is 15.4 Å². The van der Waals surface area contributed by atoms with Gasteiger partial charge in [-0.2, -0.15) is 20.4 Å². The molecule has 0 aliphatic rings. The lowest BCUT2D eigenvalue weighted by Crippen LogP contribution is -2.16. The normalized spacial score (nSPS) is 12.4. The van der Waals surface area contributed by atoms with E-state index < -0.39 is 12.2 Å². The summed E-state index contributed by atoms with van der Waals surface area (Å²) >= 11 is 0. The number of H-pyrrole nitrogens is 1. The van der Waals surface area contributed by atoms with E-state index in [1.807, 2.05) is 81.3 Å². The van der Waals surface area contributed by atoms with E-state index in [2.05, 4.69) is 84.6 Å². The van der Waals surface area contributed by atoms with Crippen LogP contribution in [0.1, 0.15) is 59.2 Å². The van der Waals surface area contributed by atoms with Gasteiger partial charge >= 0.3 is 0 Å². The highest BCUT2D eigenvalue weighted by Gasteiger charge is 2.20. The first-order valence-corrected chi connectivity index (χ1v) is 21.4. The molecule has 1 aromatic carbocycles. The van der Waals surface area contributed by atoms with Crippen LogP contribution in [0.5, 0.6) is 5.75 Å². The van der Waals surface area contributed by atoms with E-state index in [-0.39, 0.29) is 12.1 Å². The Kier molecular flexibility index (Phi) is 13.1. The second-order valence-corrected chi connectivity index (χ2v) is 16.2. The van der Waals surface area contributed by atoms with Crippen molar-refractivity contribution in [1.29, 1.82) is 0 Å². The maximum absolute atomic E-state index is 9.60. The van der Waals surface area contributed by atoms with Gasteiger partial charge in [-0.15, -0.1) is 0 Å². The number of aliphatic hydroxyl groups excluding tert-OH is 2. The van der Waals surface area contributed by atoms with Crippen molar-refractivity contribution in [2.45, 2.75) is 72.4 Å². The third-order valence-electron chi connectivity index (χ3n) is 10.3. The predicted molar refractivity (Wildman–Crippen MR) is 249 cm³/mol. The van der Waals surface area contributed by atoms with Crippen LogP contribution in [-0.2, 0) is 6.54 Å². The molecule has 0 fully saturated rings. The van der Waals surface area contributed by atoms with E-state index in [9.17, 15) is 10.2 Å². The number of pyridine rings is 2. The third-order valence-corrected chi connectivity index (χ3v) is 10.3. The van der Waals surface area contributed by atoms with Crippen LogP contribution >= 0.6 is 0 Å². The molecule has 334 valence electrons. The second kappa shape index (κ2) is 19.4. The highest BCUT2D eigenvalue weighted by molar-refractivity contribution is 5.86. The summed E-state index contributed by atoms with van der Waals surface area (Å²) in [5.74, 6) is 1.74. The highest BCUT2D eigenvalue weighted by atomic mass is 16.5. The van der Waals surface area contributed by atoms with E-state index in [1.54, 1.807) is 45.7 Å². The minimum atomic E-state index is -0.505. The highest BCUT2D eigenvalue weighted by Crippen LogP contribution is 2.34. The van der Waals surface area contributed by atoms with Crippen LogP contribution in [0.3, 0.4) is 0 Å². The van der Waals surface area contributed by atoms with Crippen LogP contribution in [-0.4, -0.2) is 112 Å². The Bertz CT molecular complexity index is 3000. The number of hydrogen-bond donors (Lipinski definition) is 5. The van der Waals surface area contributed by atoms with Crippen LogP contribution in [0.15, 0.2) is 98.1 Å². The smallest absolute Gasteiger partial charge is 0.223 e. The van der Waals surface area contributed by atoms with Gasteiger partial charge in [-0.3, -0.25) is 14.5 Å². The maximum atomic E-state index is 9.60. The quantitative estimate of drug-likeness (QED) is 0.0710. The zero-order chi connectivity index (χ0) is 45.6. The molecule has 8 aromatic heterocycles. The zero-order valence-corrected chi connectivity index (χ0v) is 37.3. The summed E-state index contributed by atoms with van der Waals surface area (Å²) in [6.07, 6.45) is 13.6. The van der Waals surface area contributed by atoms with Gasteiger partial charge in [0.1, 0.15) is 17.1 Å². The molecule has 8 heterocycles. The molecule has 0 saturated heterocycles. The van der Waals surface area contributed by atoms with E-state index in [0.717, 1.165) is 78.4 Å². The summed E-state index contributed by atoms with van der Waals surface area (Å²) in [5, 5.41) is 48.2. The molecule has 0 amide bonds. The molecular formula is C46H52N16O3. The van der Waals surface area contributed by atoms with Crippen LogP contribution in [0.25, 0.3) is 67.1 Å². The number of fused-ring (bicyclic) bond motifs is 2. The lowest BCUT2D eigenvalue weighted by molar-refractivity contribution is 0.207. The number of nitrogens with zero attached hydrogens (tertiary/aromatic N) is 13. The van der Waals surface area contributed by atoms with E-state index in [1.165, 1.54) is 0 Å². The molecule has 2 atom stereocenters. The van der Waals surface area contributed by atoms with Gasteiger partial charge in [-0.05, 0) is 83.5 Å². The van der Waals surface area contributed by atoms with Gasteiger partial charge in [0.25, 0.3) is 0 Å². The summed E-state index contributed by atoms with van der Waals surface area (Å²) in [5.41, 5.74) is 9.25. The van der Waals surface area contributed by atoms with Crippen molar-refractivity contribution in [2.75, 3.05) is 30.8 Å². The molecule has 65 heavy (non-hydrogen) atoms. The van der Waals surface area contributed by atoms with Gasteiger partial charge < -0.3 is 25.6 Å². The number of ether oxygens (including phenoxy) is 1. The molecule has 0 aliphatic heterocycles. The molecule has 0 unspecified atom stereocenters. The monoisotopic (exact) mass is 876 g/mol. The summed E-state index contributed by atoms with van der Waals surface area (Å²) < 4.78 is 11.0. The molecule has 19 heteroatoms. The van der Waals surface area contributed by atoms with Crippen LogP contribution in [0.4, 0.5) is 11.9 Å². The Labute approximate surface area is 375 Å². The second-order valence-electron chi connectivity index (χ2n) is 16.2. The number of hydrogen-bond acceptors (Lipinski definition) is 15. The molecule has 0 saturated carbocycles. The fraction of sp³-hybridized carbons (Fsp3) is 0.304. The number of methoxy groups -OCH3 is 1. The predicted octanol–water partition coefficient (Wildman–Crippen LogP) is 6.83. The van der Waals surface area contributed by atoms with Crippen molar-refractivity contribution >= 4 is 34.0 Å². The Balaban J connectivity index is 0.000000184. The molecule has 0 aliphatic carbocycles. The van der Waals surface area contributed by atoms with Crippen molar-refractivity contribution in [3.8, 4) is 50.8 Å². The van der Waals surface area contributed by atoms with Crippen molar-refractivity contribution < 1.29 is 14.9 Å². The van der Waals surface area contributed by atoms with Crippen molar-refractivity contribution in [1.82, 2.24) is 69.4 Å². The molecule has 0 radical (unpaired) electrons. The molecule has 0 bridgehead atoms. The lowest BCUT2D eigenvalue weighted by Gasteiger charge is -2.08. The number of aromatic nitrogens is 14. The van der Waals surface area contributed by atoms with E-state index in [0.29, 0.717) is 31.5 Å². The average molecular weight is 877 g/mol. The topological polar surface area (TPSA) is 233 Å². The fourth-order valence-electron chi connectivity index (χ4n) is 6.87. The zero-order valence-electron chi connectivity index (χ0n) is 37.3. The number of nitrogens with one attached hydrogen (secondary N) is 3. The summed E-state index contributed by atoms with van der Waals surface area (Å²) in [6.45, 7) is 13.1. The first-order valence-electron chi connectivity index (χ1n) is 21.4. The number of aromatic amines is 1. The van der Waals surface area contributed by atoms with Crippen LogP contribution in [0.2, 0.25) is 0 Å². The van der Waals surface area contributed by atoms with Gasteiger partial charge in [0.05, 0.1) is 49.6 Å².